The molecule has 0 aliphatic heterocycles. The molecule has 2 fully saturated rings. The van der Waals surface area contributed by atoms with Crippen LogP contribution in [-0.2, 0) is 4.79 Å². The molecular formula is C21H34O. The highest BCUT2D eigenvalue weighted by molar-refractivity contribution is 5.91. The van der Waals surface area contributed by atoms with Crippen LogP contribution < -0.4 is 0 Å². The van der Waals surface area contributed by atoms with Gasteiger partial charge < -0.3 is 0 Å². The summed E-state index contributed by atoms with van der Waals surface area (Å²) >= 11 is 0. The Labute approximate surface area is 136 Å². The van der Waals surface area contributed by atoms with Gasteiger partial charge in [0.15, 0.2) is 5.78 Å². The van der Waals surface area contributed by atoms with Crippen LogP contribution >= 0.6 is 0 Å². The molecule has 124 valence electrons. The summed E-state index contributed by atoms with van der Waals surface area (Å²) in [7, 11) is 0. The number of ketones is 1. The summed E-state index contributed by atoms with van der Waals surface area (Å²) in [6.07, 6.45) is 19.5. The Bertz CT molecular complexity index is 392. The van der Waals surface area contributed by atoms with Crippen molar-refractivity contribution in [2.45, 2.75) is 90.4 Å². The van der Waals surface area contributed by atoms with E-state index in [1.807, 2.05) is 6.08 Å². The lowest BCUT2D eigenvalue weighted by Gasteiger charge is -2.38. The lowest BCUT2D eigenvalue weighted by atomic mass is 9.67. The highest BCUT2D eigenvalue weighted by atomic mass is 16.1. The lowest BCUT2D eigenvalue weighted by Crippen LogP contribution is -2.26. The van der Waals surface area contributed by atoms with Crippen molar-refractivity contribution in [2.75, 3.05) is 0 Å². The quantitative estimate of drug-likeness (QED) is 0.615. The number of hydrogen-bond donors (Lipinski definition) is 0. The Kier molecular flexibility index (Phi) is 5.77. The zero-order valence-corrected chi connectivity index (χ0v) is 14.5. The van der Waals surface area contributed by atoms with E-state index >= 15 is 0 Å². The van der Waals surface area contributed by atoms with E-state index in [1.165, 1.54) is 76.2 Å². The molecule has 0 aromatic carbocycles. The fourth-order valence-corrected chi connectivity index (χ4v) is 5.46. The Morgan fingerprint density at radius 1 is 0.909 bits per heavy atom. The molecule has 0 N–H and O–H groups in total. The molecule has 0 aromatic rings. The van der Waals surface area contributed by atoms with Gasteiger partial charge in [0.05, 0.1) is 0 Å². The molecule has 0 amide bonds. The van der Waals surface area contributed by atoms with Crippen LogP contribution in [0.2, 0.25) is 0 Å². The number of hydrogen-bond acceptors (Lipinski definition) is 1. The van der Waals surface area contributed by atoms with E-state index in [2.05, 4.69) is 6.92 Å². The molecular weight excluding hydrogens is 268 g/mol. The molecule has 0 aromatic heterocycles. The van der Waals surface area contributed by atoms with Crippen molar-refractivity contribution < 1.29 is 4.79 Å². The standard InChI is InChI=1S/C21H34O/c1-2-4-16-7-9-17(10-8-16)18-11-13-19(14-12-18)20-5-3-6-21(22)15-20/h15-19H,2-14H2,1H3/t16-,17-,18-,19-. The zero-order valence-electron chi connectivity index (χ0n) is 14.5. The monoisotopic (exact) mass is 302 g/mol. The first kappa shape index (κ1) is 16.3. The van der Waals surface area contributed by atoms with Gasteiger partial charge in [0.1, 0.15) is 0 Å². The Morgan fingerprint density at radius 3 is 2.14 bits per heavy atom. The third kappa shape index (κ3) is 4.03. The van der Waals surface area contributed by atoms with Gasteiger partial charge in [-0.2, -0.15) is 0 Å². The summed E-state index contributed by atoms with van der Waals surface area (Å²) in [4.78, 5) is 11.6. The van der Waals surface area contributed by atoms with Gasteiger partial charge in [0.25, 0.3) is 0 Å². The van der Waals surface area contributed by atoms with Gasteiger partial charge in [-0.1, -0.05) is 38.2 Å². The highest BCUT2D eigenvalue weighted by Gasteiger charge is 2.32. The van der Waals surface area contributed by atoms with Crippen LogP contribution in [0.4, 0.5) is 0 Å². The van der Waals surface area contributed by atoms with Crippen LogP contribution in [0.1, 0.15) is 90.4 Å². The number of rotatable bonds is 4. The number of carbonyl (C=O) groups is 1. The smallest absolute Gasteiger partial charge is 0.155 e. The Balaban J connectivity index is 1.45. The van der Waals surface area contributed by atoms with Crippen molar-refractivity contribution in [2.24, 2.45) is 23.7 Å². The first-order valence-corrected chi connectivity index (χ1v) is 9.99. The van der Waals surface area contributed by atoms with E-state index in [1.54, 1.807) is 0 Å². The maximum atomic E-state index is 11.6. The zero-order chi connectivity index (χ0) is 15.4. The van der Waals surface area contributed by atoms with E-state index in [4.69, 9.17) is 0 Å². The van der Waals surface area contributed by atoms with Gasteiger partial charge >= 0.3 is 0 Å². The summed E-state index contributed by atoms with van der Waals surface area (Å²) in [6.45, 7) is 2.33. The molecule has 22 heavy (non-hydrogen) atoms. The predicted octanol–water partition coefficient (Wildman–Crippen LogP) is 6.08. The van der Waals surface area contributed by atoms with Gasteiger partial charge in [-0.15, -0.1) is 0 Å². The Morgan fingerprint density at radius 2 is 1.55 bits per heavy atom. The third-order valence-electron chi connectivity index (χ3n) is 6.79. The third-order valence-corrected chi connectivity index (χ3v) is 6.79. The summed E-state index contributed by atoms with van der Waals surface area (Å²) in [6, 6.07) is 0. The van der Waals surface area contributed by atoms with E-state index in [-0.39, 0.29) is 0 Å². The molecule has 0 atom stereocenters. The number of allylic oxidation sites excluding steroid dienone is 2. The van der Waals surface area contributed by atoms with Gasteiger partial charge in [-0.25, -0.2) is 0 Å². The summed E-state index contributed by atoms with van der Waals surface area (Å²) in [5, 5.41) is 0. The fraction of sp³-hybridized carbons (Fsp3) is 0.857. The second kappa shape index (κ2) is 7.79. The first-order valence-electron chi connectivity index (χ1n) is 9.99. The molecule has 0 bridgehead atoms. The van der Waals surface area contributed by atoms with E-state index in [0.717, 1.165) is 36.5 Å². The minimum absolute atomic E-state index is 0.387. The van der Waals surface area contributed by atoms with Crippen molar-refractivity contribution in [3.05, 3.63) is 11.6 Å². The second-order valence-electron chi connectivity index (χ2n) is 8.22. The predicted molar refractivity (Wildman–Crippen MR) is 92.7 cm³/mol. The normalized spacial score (nSPS) is 37.0. The molecule has 1 heteroatoms. The van der Waals surface area contributed by atoms with Crippen molar-refractivity contribution in [1.82, 2.24) is 0 Å². The average Bonchev–Trinajstić information content (AvgIpc) is 2.56. The highest BCUT2D eigenvalue weighted by Crippen LogP contribution is 2.44. The van der Waals surface area contributed by atoms with Crippen LogP contribution in [0.5, 0.6) is 0 Å². The molecule has 3 rings (SSSR count). The van der Waals surface area contributed by atoms with Crippen molar-refractivity contribution in [3.63, 3.8) is 0 Å². The van der Waals surface area contributed by atoms with Crippen LogP contribution in [0, 0.1) is 23.7 Å². The average molecular weight is 303 g/mol. The topological polar surface area (TPSA) is 17.1 Å². The molecule has 3 aliphatic carbocycles. The SMILES string of the molecule is CCC[C@H]1CC[C@H]([C@H]2CC[C@H](C3=CC(=O)CCC3)CC2)CC1. The molecule has 1 nitrogen and oxygen atoms in total. The fourth-order valence-electron chi connectivity index (χ4n) is 5.46. The Hall–Kier alpha value is -0.590. The van der Waals surface area contributed by atoms with Crippen LogP contribution in [0.25, 0.3) is 0 Å². The molecule has 0 spiro atoms. The second-order valence-corrected chi connectivity index (χ2v) is 8.22. The molecule has 0 saturated heterocycles. The summed E-state index contributed by atoms with van der Waals surface area (Å²) in [5.41, 5.74) is 1.50. The molecule has 2 saturated carbocycles. The number of carbonyl (C=O) groups excluding carboxylic acids is 1. The maximum absolute atomic E-state index is 11.6. The molecule has 0 unspecified atom stereocenters. The maximum Gasteiger partial charge on any atom is 0.155 e. The van der Waals surface area contributed by atoms with Crippen molar-refractivity contribution in [3.8, 4) is 0 Å². The molecule has 0 heterocycles. The minimum Gasteiger partial charge on any atom is -0.295 e. The van der Waals surface area contributed by atoms with Crippen molar-refractivity contribution >= 4 is 5.78 Å². The summed E-state index contributed by atoms with van der Waals surface area (Å²) < 4.78 is 0. The first-order chi connectivity index (χ1) is 10.8. The molecule has 3 aliphatic rings. The van der Waals surface area contributed by atoms with Gasteiger partial charge in [0, 0.05) is 6.42 Å². The van der Waals surface area contributed by atoms with Gasteiger partial charge in [0.2, 0.25) is 0 Å². The summed E-state index contributed by atoms with van der Waals surface area (Å²) in [5.74, 6) is 4.19. The van der Waals surface area contributed by atoms with Crippen LogP contribution in [0.3, 0.4) is 0 Å². The minimum atomic E-state index is 0.387. The van der Waals surface area contributed by atoms with E-state index in [0.29, 0.717) is 5.78 Å². The van der Waals surface area contributed by atoms with Crippen molar-refractivity contribution in [1.29, 1.82) is 0 Å². The van der Waals surface area contributed by atoms with Gasteiger partial charge in [-0.3, -0.25) is 4.79 Å². The largest absolute Gasteiger partial charge is 0.295 e. The van der Waals surface area contributed by atoms with Gasteiger partial charge in [-0.05, 0) is 81.1 Å². The van der Waals surface area contributed by atoms with E-state index < -0.39 is 0 Å². The van der Waals surface area contributed by atoms with Crippen LogP contribution in [-0.4, -0.2) is 5.78 Å². The van der Waals surface area contributed by atoms with Crippen LogP contribution in [0.15, 0.2) is 11.6 Å². The van der Waals surface area contributed by atoms with E-state index in [9.17, 15) is 4.79 Å². The molecule has 0 radical (unpaired) electrons. The lowest BCUT2D eigenvalue weighted by molar-refractivity contribution is -0.115.